The highest BCUT2D eigenvalue weighted by molar-refractivity contribution is 6.31. The maximum absolute atomic E-state index is 14.6. The predicted molar refractivity (Wildman–Crippen MR) is 142 cm³/mol. The number of non-ortho nitro benzene ring substituents is 1. The quantitative estimate of drug-likeness (QED) is 0.191. The second kappa shape index (κ2) is 9.09. The van der Waals surface area contributed by atoms with Gasteiger partial charge in [0.05, 0.1) is 16.3 Å². The van der Waals surface area contributed by atoms with Crippen molar-refractivity contribution in [2.45, 2.75) is 17.6 Å². The highest BCUT2D eigenvalue weighted by Gasteiger charge is 2.72. The van der Waals surface area contributed by atoms with Gasteiger partial charge in [0.15, 0.2) is 6.10 Å². The van der Waals surface area contributed by atoms with Gasteiger partial charge in [0.1, 0.15) is 11.5 Å². The summed E-state index contributed by atoms with van der Waals surface area (Å²) in [6.45, 7) is 0. The Morgan fingerprint density at radius 1 is 0.789 bits per heavy atom. The summed E-state index contributed by atoms with van der Waals surface area (Å²) in [4.78, 5) is 47.0. The number of nitro benzene ring substituents is 1. The molecule has 2 fully saturated rings. The molecule has 4 aromatic rings. The van der Waals surface area contributed by atoms with Gasteiger partial charge in [-0.2, -0.15) is 0 Å². The zero-order chi connectivity index (χ0) is 26.4. The van der Waals surface area contributed by atoms with Crippen LogP contribution in [0.4, 0.5) is 17.1 Å². The van der Waals surface area contributed by atoms with E-state index >= 15 is 0 Å². The molecular formula is C29H20ClN3O5. The normalized spacial score (nSPS) is 22.6. The van der Waals surface area contributed by atoms with Crippen LogP contribution in [0.1, 0.15) is 17.2 Å². The Morgan fingerprint density at radius 2 is 1.39 bits per heavy atom. The third kappa shape index (κ3) is 3.49. The van der Waals surface area contributed by atoms with Crippen molar-refractivity contribution < 1.29 is 19.3 Å². The van der Waals surface area contributed by atoms with Crippen LogP contribution in [0.5, 0.6) is 0 Å². The van der Waals surface area contributed by atoms with Crippen molar-refractivity contribution in [1.29, 1.82) is 0 Å². The highest BCUT2D eigenvalue weighted by Crippen LogP contribution is 2.57. The van der Waals surface area contributed by atoms with E-state index in [0.717, 1.165) is 10.5 Å². The van der Waals surface area contributed by atoms with Gasteiger partial charge >= 0.3 is 0 Å². The number of rotatable bonds is 5. The molecule has 38 heavy (non-hydrogen) atoms. The molecule has 0 saturated carbocycles. The molecule has 188 valence electrons. The topological polar surface area (TPSA) is 93.0 Å². The number of halogens is 1. The minimum Gasteiger partial charge on any atom is -0.273 e. The number of hydrogen-bond acceptors (Lipinski definition) is 6. The van der Waals surface area contributed by atoms with Gasteiger partial charge in [0.25, 0.3) is 11.6 Å². The third-order valence-electron chi connectivity index (χ3n) is 7.07. The number of anilines is 2. The van der Waals surface area contributed by atoms with E-state index in [1.165, 1.54) is 24.3 Å². The van der Waals surface area contributed by atoms with Crippen LogP contribution < -0.4 is 9.96 Å². The lowest BCUT2D eigenvalue weighted by Crippen LogP contribution is -2.46. The monoisotopic (exact) mass is 525 g/mol. The first-order valence-corrected chi connectivity index (χ1v) is 12.3. The lowest BCUT2D eigenvalue weighted by Gasteiger charge is -2.35. The second-order valence-corrected chi connectivity index (χ2v) is 9.52. The number of nitro groups is 1. The standard InChI is InChI=1S/C29H20ClN3O5/c30-21-13-17-22(18-14-21)31-27(34)26-29(28(31)35,20-11-15-24(16-12-20)33(36)37)25(19-7-3-1-4-8-19)32(38-26)23-9-5-2-6-10-23/h1-18,25-26H. The Kier molecular flexibility index (Phi) is 5.71. The molecule has 0 aromatic heterocycles. The number of hydrogen-bond donors (Lipinski definition) is 0. The number of benzene rings is 4. The minimum absolute atomic E-state index is 0.122. The number of hydroxylamine groups is 1. The predicted octanol–water partition coefficient (Wildman–Crippen LogP) is 5.62. The first-order valence-electron chi connectivity index (χ1n) is 11.9. The molecule has 6 rings (SSSR count). The number of amides is 2. The zero-order valence-electron chi connectivity index (χ0n) is 19.8. The van der Waals surface area contributed by atoms with Crippen LogP contribution in [0.3, 0.4) is 0 Å². The smallest absolute Gasteiger partial charge is 0.269 e. The first-order chi connectivity index (χ1) is 18.4. The highest BCUT2D eigenvalue weighted by atomic mass is 35.5. The average molecular weight is 526 g/mol. The van der Waals surface area contributed by atoms with E-state index in [9.17, 15) is 19.7 Å². The first kappa shape index (κ1) is 23.8. The fourth-order valence-corrected chi connectivity index (χ4v) is 5.53. The number of nitrogens with zero attached hydrogens (tertiary/aromatic N) is 3. The molecule has 2 amide bonds. The molecule has 0 radical (unpaired) electrons. The van der Waals surface area contributed by atoms with Crippen molar-refractivity contribution in [3.63, 3.8) is 0 Å². The molecule has 3 unspecified atom stereocenters. The van der Waals surface area contributed by atoms with Gasteiger partial charge in [0, 0.05) is 17.2 Å². The SMILES string of the molecule is O=C1C2ON(c3ccccc3)C(c3ccccc3)C2(c2ccc([N+](=O)[O-])cc2)C(=O)N1c1ccc(Cl)cc1. The van der Waals surface area contributed by atoms with Crippen molar-refractivity contribution in [2.24, 2.45) is 0 Å². The maximum Gasteiger partial charge on any atom is 0.269 e. The Morgan fingerprint density at radius 3 is 2.00 bits per heavy atom. The Labute approximate surface area is 222 Å². The Bertz CT molecular complexity index is 1530. The molecule has 2 saturated heterocycles. The minimum atomic E-state index is -1.54. The molecular weight excluding hydrogens is 506 g/mol. The van der Waals surface area contributed by atoms with E-state index in [2.05, 4.69) is 0 Å². The maximum atomic E-state index is 14.6. The number of carbonyl (C=O) groups is 2. The van der Waals surface area contributed by atoms with Gasteiger partial charge in [-0.25, -0.2) is 9.96 Å². The van der Waals surface area contributed by atoms with Gasteiger partial charge in [-0.15, -0.1) is 0 Å². The van der Waals surface area contributed by atoms with Crippen LogP contribution in [0.15, 0.2) is 109 Å². The van der Waals surface area contributed by atoms with Gasteiger partial charge in [-0.1, -0.05) is 72.3 Å². The second-order valence-electron chi connectivity index (χ2n) is 9.09. The molecule has 3 atom stereocenters. The molecule has 4 aromatic carbocycles. The number of carbonyl (C=O) groups excluding carboxylic acids is 2. The number of para-hydroxylation sites is 1. The summed E-state index contributed by atoms with van der Waals surface area (Å²) in [7, 11) is 0. The summed E-state index contributed by atoms with van der Waals surface area (Å²) >= 11 is 6.07. The van der Waals surface area contributed by atoms with Crippen molar-refractivity contribution >= 4 is 40.5 Å². The van der Waals surface area contributed by atoms with Crippen LogP contribution in [0.25, 0.3) is 0 Å². The molecule has 2 heterocycles. The Hall–Kier alpha value is -4.53. The lowest BCUT2D eigenvalue weighted by atomic mass is 9.69. The van der Waals surface area contributed by atoms with Crippen molar-refractivity contribution in [3.8, 4) is 0 Å². The van der Waals surface area contributed by atoms with E-state index in [-0.39, 0.29) is 5.69 Å². The number of imide groups is 1. The molecule has 0 bridgehead atoms. The molecule has 9 heteroatoms. The largest absolute Gasteiger partial charge is 0.273 e. The lowest BCUT2D eigenvalue weighted by molar-refractivity contribution is -0.384. The summed E-state index contributed by atoms with van der Waals surface area (Å²) in [5, 5.41) is 13.5. The zero-order valence-corrected chi connectivity index (χ0v) is 20.6. The van der Waals surface area contributed by atoms with Crippen LogP contribution in [-0.2, 0) is 19.8 Å². The molecule has 0 spiro atoms. The van der Waals surface area contributed by atoms with Crippen LogP contribution in [0, 0.1) is 10.1 Å². The molecule has 8 nitrogen and oxygen atoms in total. The fourth-order valence-electron chi connectivity index (χ4n) is 5.40. The third-order valence-corrected chi connectivity index (χ3v) is 7.32. The van der Waals surface area contributed by atoms with Gasteiger partial charge < -0.3 is 0 Å². The van der Waals surface area contributed by atoms with E-state index in [1.54, 1.807) is 29.3 Å². The summed E-state index contributed by atoms with van der Waals surface area (Å²) in [5.74, 6) is -1.02. The van der Waals surface area contributed by atoms with Crippen LogP contribution >= 0.6 is 11.6 Å². The van der Waals surface area contributed by atoms with E-state index in [4.69, 9.17) is 16.4 Å². The summed E-state index contributed by atoms with van der Waals surface area (Å²) in [6.07, 6.45) is -1.22. The van der Waals surface area contributed by atoms with E-state index in [0.29, 0.717) is 22.0 Å². The molecule has 2 aliphatic heterocycles. The number of fused-ring (bicyclic) bond motifs is 1. The van der Waals surface area contributed by atoms with Gasteiger partial charge in [0.2, 0.25) is 5.91 Å². The average Bonchev–Trinajstić information content (AvgIpc) is 3.41. The fraction of sp³-hybridized carbons (Fsp3) is 0.103. The van der Waals surface area contributed by atoms with E-state index < -0.39 is 34.3 Å². The summed E-state index contributed by atoms with van der Waals surface area (Å²) in [6, 6.07) is 30.0. The molecule has 2 aliphatic rings. The van der Waals surface area contributed by atoms with E-state index in [1.807, 2.05) is 60.7 Å². The molecule has 0 N–H and O–H groups in total. The molecule has 0 aliphatic carbocycles. The van der Waals surface area contributed by atoms with Gasteiger partial charge in [-0.05, 0) is 47.5 Å². The van der Waals surface area contributed by atoms with Crippen molar-refractivity contribution in [3.05, 3.63) is 135 Å². The van der Waals surface area contributed by atoms with Crippen LogP contribution in [0.2, 0.25) is 5.02 Å². The van der Waals surface area contributed by atoms with Crippen molar-refractivity contribution in [1.82, 2.24) is 0 Å². The van der Waals surface area contributed by atoms with Crippen LogP contribution in [-0.4, -0.2) is 22.8 Å². The summed E-state index contributed by atoms with van der Waals surface area (Å²) in [5.41, 5.74) is 0.551. The summed E-state index contributed by atoms with van der Waals surface area (Å²) < 4.78 is 0. The van der Waals surface area contributed by atoms with Crippen molar-refractivity contribution in [2.75, 3.05) is 9.96 Å². The Balaban J connectivity index is 1.61. The van der Waals surface area contributed by atoms with Gasteiger partial charge in [-0.3, -0.25) is 24.5 Å².